The van der Waals surface area contributed by atoms with Gasteiger partial charge in [0.1, 0.15) is 6.54 Å². The lowest BCUT2D eigenvalue weighted by molar-refractivity contribution is -0.144. The molecule has 1 rings (SSSR count). The third kappa shape index (κ3) is 5.49. The van der Waals surface area contributed by atoms with Gasteiger partial charge < -0.3 is 15.3 Å². The molecule has 1 amide bonds. The Morgan fingerprint density at radius 2 is 1.94 bits per heavy atom. The Bertz CT molecular complexity index is 286. The number of carbonyl (C=O) groups is 2. The monoisotopic (exact) mass is 256 g/mol. The first-order valence-electron chi connectivity index (χ1n) is 6.72. The van der Waals surface area contributed by atoms with Crippen LogP contribution in [0.5, 0.6) is 0 Å². The maximum Gasteiger partial charge on any atom is 0.323 e. The molecule has 0 spiro atoms. The van der Waals surface area contributed by atoms with Crippen molar-refractivity contribution in [1.29, 1.82) is 0 Å². The predicted molar refractivity (Wildman–Crippen MR) is 69.3 cm³/mol. The van der Waals surface area contributed by atoms with Crippen molar-refractivity contribution in [2.45, 2.75) is 45.6 Å². The van der Waals surface area contributed by atoms with E-state index in [0.29, 0.717) is 12.6 Å². The molecule has 18 heavy (non-hydrogen) atoms. The van der Waals surface area contributed by atoms with Gasteiger partial charge in [-0.05, 0) is 18.8 Å². The van der Waals surface area contributed by atoms with Crippen LogP contribution in [0.3, 0.4) is 0 Å². The highest BCUT2D eigenvalue weighted by Crippen LogP contribution is 2.17. The van der Waals surface area contributed by atoms with Crippen molar-refractivity contribution in [1.82, 2.24) is 10.2 Å². The molecule has 1 aliphatic rings. The van der Waals surface area contributed by atoms with E-state index in [-0.39, 0.29) is 24.9 Å². The van der Waals surface area contributed by atoms with Gasteiger partial charge in [-0.2, -0.15) is 0 Å². The van der Waals surface area contributed by atoms with Gasteiger partial charge in [-0.15, -0.1) is 0 Å². The topological polar surface area (TPSA) is 69.6 Å². The fraction of sp³-hybridized carbons (Fsp3) is 0.846. The maximum atomic E-state index is 12.0. The quantitative estimate of drug-likeness (QED) is 0.715. The lowest BCUT2D eigenvalue weighted by Crippen LogP contribution is -2.44. The van der Waals surface area contributed by atoms with E-state index in [9.17, 15) is 9.59 Å². The van der Waals surface area contributed by atoms with Crippen LogP contribution in [0.4, 0.5) is 0 Å². The van der Waals surface area contributed by atoms with E-state index in [0.717, 1.165) is 12.8 Å². The van der Waals surface area contributed by atoms with Crippen molar-refractivity contribution in [3.63, 3.8) is 0 Å². The number of nitrogens with one attached hydrogen (secondary N) is 1. The van der Waals surface area contributed by atoms with Gasteiger partial charge in [0.25, 0.3) is 0 Å². The molecular weight excluding hydrogens is 232 g/mol. The fourth-order valence-electron chi connectivity index (χ4n) is 2.33. The second kappa shape index (κ2) is 7.36. The zero-order valence-corrected chi connectivity index (χ0v) is 11.3. The van der Waals surface area contributed by atoms with Crippen LogP contribution in [0.1, 0.15) is 39.5 Å². The third-order valence-corrected chi connectivity index (χ3v) is 3.16. The maximum absolute atomic E-state index is 12.0. The lowest BCUT2D eigenvalue weighted by Gasteiger charge is -2.23. The molecule has 1 fully saturated rings. The van der Waals surface area contributed by atoms with E-state index in [2.05, 4.69) is 5.32 Å². The average Bonchev–Trinajstić information content (AvgIpc) is 2.76. The molecular formula is C13H24N2O3. The number of amides is 1. The number of carbonyl (C=O) groups excluding carboxylic acids is 1. The first-order chi connectivity index (χ1) is 8.49. The number of rotatable bonds is 7. The van der Waals surface area contributed by atoms with E-state index >= 15 is 0 Å². The molecule has 5 nitrogen and oxygen atoms in total. The minimum atomic E-state index is -0.954. The number of aliphatic carboxylic acids is 1. The fourth-order valence-corrected chi connectivity index (χ4v) is 2.33. The van der Waals surface area contributed by atoms with Gasteiger partial charge in [-0.1, -0.05) is 26.7 Å². The van der Waals surface area contributed by atoms with Crippen molar-refractivity contribution in [2.75, 3.05) is 19.6 Å². The number of carboxylic acids is 1. The Labute approximate surface area is 109 Å². The molecule has 0 unspecified atom stereocenters. The Morgan fingerprint density at radius 3 is 2.44 bits per heavy atom. The van der Waals surface area contributed by atoms with Gasteiger partial charge in [0.2, 0.25) is 5.91 Å². The van der Waals surface area contributed by atoms with Gasteiger partial charge in [-0.3, -0.25) is 9.59 Å². The number of hydrogen-bond donors (Lipinski definition) is 2. The Morgan fingerprint density at radius 1 is 1.33 bits per heavy atom. The van der Waals surface area contributed by atoms with E-state index in [1.165, 1.54) is 17.7 Å². The molecule has 1 saturated carbocycles. The molecule has 0 saturated heterocycles. The van der Waals surface area contributed by atoms with E-state index < -0.39 is 5.97 Å². The highest BCUT2D eigenvalue weighted by atomic mass is 16.4. The van der Waals surface area contributed by atoms with Crippen LogP contribution < -0.4 is 5.32 Å². The summed E-state index contributed by atoms with van der Waals surface area (Å²) in [7, 11) is 0. The predicted octanol–water partition coefficient (Wildman–Crippen LogP) is 1.09. The Kier molecular flexibility index (Phi) is 6.12. The van der Waals surface area contributed by atoms with Gasteiger partial charge in [0.15, 0.2) is 0 Å². The first kappa shape index (κ1) is 15.0. The number of nitrogens with zero attached hydrogens (tertiary/aromatic N) is 1. The van der Waals surface area contributed by atoms with Gasteiger partial charge >= 0.3 is 5.97 Å². The summed E-state index contributed by atoms with van der Waals surface area (Å²) in [6, 6.07) is 0.430. The van der Waals surface area contributed by atoms with Crippen molar-refractivity contribution in [2.24, 2.45) is 5.92 Å². The smallest absolute Gasteiger partial charge is 0.323 e. The molecule has 0 bridgehead atoms. The summed E-state index contributed by atoms with van der Waals surface area (Å²) in [5.41, 5.74) is 0. The van der Waals surface area contributed by atoms with Gasteiger partial charge in [0, 0.05) is 12.6 Å². The minimum absolute atomic E-state index is 0.113. The largest absolute Gasteiger partial charge is 0.480 e. The van der Waals surface area contributed by atoms with Crippen LogP contribution in [0.2, 0.25) is 0 Å². The first-order valence-corrected chi connectivity index (χ1v) is 6.72. The van der Waals surface area contributed by atoms with Crippen LogP contribution in [-0.4, -0.2) is 47.6 Å². The summed E-state index contributed by atoms with van der Waals surface area (Å²) in [6.45, 7) is 4.50. The summed E-state index contributed by atoms with van der Waals surface area (Å²) in [5, 5.41) is 12.0. The Hall–Kier alpha value is -1.10. The summed E-state index contributed by atoms with van der Waals surface area (Å²) in [5.74, 6) is -0.789. The standard InChI is InChI=1S/C13H24N2O3/c1-10(2)8-15(9-13(17)18)12(16)7-14-11-5-3-4-6-11/h10-11,14H,3-9H2,1-2H3,(H,17,18). The van der Waals surface area contributed by atoms with Crippen molar-refractivity contribution in [3.05, 3.63) is 0 Å². The zero-order chi connectivity index (χ0) is 13.5. The second-order valence-electron chi connectivity index (χ2n) is 5.42. The van der Waals surface area contributed by atoms with Crippen LogP contribution in [0.15, 0.2) is 0 Å². The van der Waals surface area contributed by atoms with Crippen molar-refractivity contribution >= 4 is 11.9 Å². The van der Waals surface area contributed by atoms with Crippen LogP contribution >= 0.6 is 0 Å². The van der Waals surface area contributed by atoms with Crippen molar-refractivity contribution in [3.8, 4) is 0 Å². The Balaban J connectivity index is 2.39. The second-order valence-corrected chi connectivity index (χ2v) is 5.42. The number of hydrogen-bond acceptors (Lipinski definition) is 3. The van der Waals surface area contributed by atoms with Crippen molar-refractivity contribution < 1.29 is 14.7 Å². The molecule has 0 aliphatic heterocycles. The van der Waals surface area contributed by atoms with E-state index in [1.807, 2.05) is 13.8 Å². The SMILES string of the molecule is CC(C)CN(CC(=O)O)C(=O)CNC1CCCC1. The molecule has 104 valence electrons. The normalized spacial score (nSPS) is 16.2. The molecule has 2 N–H and O–H groups in total. The third-order valence-electron chi connectivity index (χ3n) is 3.16. The van der Waals surface area contributed by atoms with Gasteiger partial charge in [0.05, 0.1) is 6.54 Å². The summed E-state index contributed by atoms with van der Waals surface area (Å²) in [6.07, 6.45) is 4.68. The molecule has 1 aliphatic carbocycles. The number of carboxylic acid groups (broad SMARTS) is 1. The van der Waals surface area contributed by atoms with Crippen LogP contribution in [0, 0.1) is 5.92 Å². The van der Waals surface area contributed by atoms with E-state index in [1.54, 1.807) is 0 Å². The molecule has 0 aromatic carbocycles. The lowest BCUT2D eigenvalue weighted by atomic mass is 10.2. The van der Waals surface area contributed by atoms with Gasteiger partial charge in [-0.25, -0.2) is 0 Å². The highest BCUT2D eigenvalue weighted by Gasteiger charge is 2.20. The van der Waals surface area contributed by atoms with Crippen LogP contribution in [0.25, 0.3) is 0 Å². The minimum Gasteiger partial charge on any atom is -0.480 e. The van der Waals surface area contributed by atoms with E-state index in [4.69, 9.17) is 5.11 Å². The molecule has 0 radical (unpaired) electrons. The molecule has 0 aromatic heterocycles. The molecule has 0 heterocycles. The average molecular weight is 256 g/mol. The summed E-state index contributed by atoms with van der Waals surface area (Å²) >= 11 is 0. The molecule has 5 heteroatoms. The molecule has 0 atom stereocenters. The highest BCUT2D eigenvalue weighted by molar-refractivity contribution is 5.82. The summed E-state index contributed by atoms with van der Waals surface area (Å²) < 4.78 is 0. The van der Waals surface area contributed by atoms with Crippen LogP contribution in [-0.2, 0) is 9.59 Å². The molecule has 0 aromatic rings. The summed E-state index contributed by atoms with van der Waals surface area (Å²) in [4.78, 5) is 24.1. The zero-order valence-electron chi connectivity index (χ0n) is 11.3.